The van der Waals surface area contributed by atoms with Gasteiger partial charge in [0.2, 0.25) is 10.0 Å². The van der Waals surface area contributed by atoms with Crippen molar-refractivity contribution in [2.75, 3.05) is 30.8 Å². The minimum atomic E-state index is -3.17. The van der Waals surface area contributed by atoms with Crippen LogP contribution in [0.1, 0.15) is 32.3 Å². The lowest BCUT2D eigenvalue weighted by Gasteiger charge is -2.45. The largest absolute Gasteiger partial charge is 0.368 e. The lowest BCUT2D eigenvalue weighted by molar-refractivity contribution is 0.284. The Labute approximate surface area is 154 Å². The van der Waals surface area contributed by atoms with Gasteiger partial charge in [0.05, 0.1) is 12.3 Å². The van der Waals surface area contributed by atoms with Crippen LogP contribution in [0.2, 0.25) is 5.15 Å². The Bertz CT molecular complexity index is 893. The van der Waals surface area contributed by atoms with Crippen molar-refractivity contribution in [2.45, 2.75) is 32.7 Å². The molecule has 0 atom stereocenters. The summed E-state index contributed by atoms with van der Waals surface area (Å²) < 4.78 is 25.4. The Morgan fingerprint density at radius 2 is 2.00 bits per heavy atom. The molecule has 1 aromatic carbocycles. The molecule has 0 radical (unpaired) electrons. The van der Waals surface area contributed by atoms with Crippen LogP contribution < -0.4 is 4.90 Å². The number of benzene rings is 1. The molecule has 1 saturated heterocycles. The standard InChI is InChI=1S/C18H24ClN3O2S/c1-5-22(25(4,23)24)13-10-21(11-13)17-7-6-14(12(2)3)15-8-18(19)20-9-16(15)17/h6-9,12-13H,5,10-11H2,1-4H3. The van der Waals surface area contributed by atoms with Gasteiger partial charge < -0.3 is 4.90 Å². The first-order valence-electron chi connectivity index (χ1n) is 8.52. The van der Waals surface area contributed by atoms with Gasteiger partial charge in [-0.15, -0.1) is 0 Å². The summed E-state index contributed by atoms with van der Waals surface area (Å²) in [6, 6.07) is 6.20. The third kappa shape index (κ3) is 3.48. The lowest BCUT2D eigenvalue weighted by Crippen LogP contribution is -2.60. The summed E-state index contributed by atoms with van der Waals surface area (Å²) in [6.07, 6.45) is 3.10. The molecule has 2 heterocycles. The SMILES string of the molecule is CCN(C1CN(c2ccc(C(C)C)c3cc(Cl)ncc23)C1)S(C)(=O)=O. The summed E-state index contributed by atoms with van der Waals surface area (Å²) in [5.74, 6) is 0.389. The molecular weight excluding hydrogens is 358 g/mol. The number of hydrogen-bond acceptors (Lipinski definition) is 4. The van der Waals surface area contributed by atoms with Gasteiger partial charge >= 0.3 is 0 Å². The lowest BCUT2D eigenvalue weighted by atomic mass is 9.95. The van der Waals surface area contributed by atoms with E-state index in [1.54, 1.807) is 4.31 Å². The Kier molecular flexibility index (Phi) is 4.97. The number of nitrogens with zero attached hydrogens (tertiary/aromatic N) is 3. The highest BCUT2D eigenvalue weighted by Crippen LogP contribution is 2.36. The average molecular weight is 382 g/mol. The number of pyridine rings is 1. The molecule has 7 heteroatoms. The smallest absolute Gasteiger partial charge is 0.211 e. The molecule has 5 nitrogen and oxygen atoms in total. The molecule has 0 aliphatic carbocycles. The molecule has 0 unspecified atom stereocenters. The van der Waals surface area contributed by atoms with Gasteiger partial charge in [-0.05, 0) is 29.0 Å². The molecule has 1 aliphatic heterocycles. The van der Waals surface area contributed by atoms with Crippen molar-refractivity contribution >= 4 is 38.1 Å². The fraction of sp³-hybridized carbons (Fsp3) is 0.500. The van der Waals surface area contributed by atoms with Gasteiger partial charge in [-0.2, -0.15) is 4.31 Å². The first kappa shape index (κ1) is 18.4. The molecular formula is C18H24ClN3O2S. The second-order valence-corrected chi connectivity index (χ2v) is 9.23. The summed E-state index contributed by atoms with van der Waals surface area (Å²) in [4.78, 5) is 6.46. The highest BCUT2D eigenvalue weighted by atomic mass is 35.5. The molecule has 25 heavy (non-hydrogen) atoms. The van der Waals surface area contributed by atoms with Crippen LogP contribution in [0.3, 0.4) is 0 Å². The highest BCUT2D eigenvalue weighted by Gasteiger charge is 2.36. The summed E-state index contributed by atoms with van der Waals surface area (Å²) in [5.41, 5.74) is 2.33. The van der Waals surface area contributed by atoms with Crippen LogP contribution in [-0.2, 0) is 10.0 Å². The second-order valence-electron chi connectivity index (χ2n) is 6.91. The third-order valence-electron chi connectivity index (χ3n) is 4.85. The van der Waals surface area contributed by atoms with Crippen LogP contribution in [0.5, 0.6) is 0 Å². The quantitative estimate of drug-likeness (QED) is 0.744. The van der Waals surface area contributed by atoms with E-state index in [2.05, 4.69) is 35.9 Å². The van der Waals surface area contributed by atoms with Crippen molar-refractivity contribution < 1.29 is 8.42 Å². The molecule has 0 bridgehead atoms. The van der Waals surface area contributed by atoms with E-state index in [9.17, 15) is 8.42 Å². The van der Waals surface area contributed by atoms with E-state index < -0.39 is 10.0 Å². The molecule has 1 fully saturated rings. The summed E-state index contributed by atoms with van der Waals surface area (Å²) in [5, 5.41) is 2.67. The minimum absolute atomic E-state index is 0.0279. The topological polar surface area (TPSA) is 53.5 Å². The van der Waals surface area contributed by atoms with Gasteiger partial charge in [0, 0.05) is 36.9 Å². The van der Waals surface area contributed by atoms with Gasteiger partial charge in [-0.25, -0.2) is 13.4 Å². The van der Waals surface area contributed by atoms with Crippen molar-refractivity contribution in [1.82, 2.24) is 9.29 Å². The molecule has 1 aliphatic rings. The molecule has 0 spiro atoms. The number of hydrogen-bond donors (Lipinski definition) is 0. The Morgan fingerprint density at radius 1 is 1.32 bits per heavy atom. The maximum atomic E-state index is 11.9. The first-order valence-corrected chi connectivity index (χ1v) is 10.7. The van der Waals surface area contributed by atoms with Crippen molar-refractivity contribution in [2.24, 2.45) is 0 Å². The molecule has 3 rings (SSSR count). The summed E-state index contributed by atoms with van der Waals surface area (Å²) in [6.45, 7) is 8.09. The zero-order valence-electron chi connectivity index (χ0n) is 15.0. The van der Waals surface area contributed by atoms with Gasteiger partial charge in [0.15, 0.2) is 0 Å². The van der Waals surface area contributed by atoms with Gasteiger partial charge in [0.25, 0.3) is 0 Å². The van der Waals surface area contributed by atoms with Crippen molar-refractivity contribution in [3.63, 3.8) is 0 Å². The number of sulfonamides is 1. The first-order chi connectivity index (χ1) is 11.7. The van der Waals surface area contributed by atoms with E-state index >= 15 is 0 Å². The normalized spacial score (nSPS) is 16.0. The van der Waals surface area contributed by atoms with E-state index in [0.717, 1.165) is 16.5 Å². The van der Waals surface area contributed by atoms with Crippen LogP contribution in [0.4, 0.5) is 5.69 Å². The van der Waals surface area contributed by atoms with Gasteiger partial charge in [0.1, 0.15) is 5.15 Å². The van der Waals surface area contributed by atoms with Gasteiger partial charge in [-0.1, -0.05) is 38.4 Å². The highest BCUT2D eigenvalue weighted by molar-refractivity contribution is 7.88. The zero-order valence-corrected chi connectivity index (χ0v) is 16.6. The number of aromatic nitrogens is 1. The van der Waals surface area contributed by atoms with Crippen LogP contribution in [0, 0.1) is 0 Å². The van der Waals surface area contributed by atoms with Gasteiger partial charge in [-0.3, -0.25) is 0 Å². The van der Waals surface area contributed by atoms with E-state index in [-0.39, 0.29) is 6.04 Å². The Hall–Kier alpha value is -1.37. The van der Waals surface area contributed by atoms with Crippen molar-refractivity contribution in [1.29, 1.82) is 0 Å². The summed E-state index contributed by atoms with van der Waals surface area (Å²) in [7, 11) is -3.17. The summed E-state index contributed by atoms with van der Waals surface area (Å²) >= 11 is 6.11. The second kappa shape index (κ2) is 6.74. The minimum Gasteiger partial charge on any atom is -0.368 e. The predicted octanol–water partition coefficient (Wildman–Crippen LogP) is 3.48. The van der Waals surface area contributed by atoms with Crippen LogP contribution >= 0.6 is 11.6 Å². The van der Waals surface area contributed by atoms with E-state index in [1.165, 1.54) is 11.8 Å². The van der Waals surface area contributed by atoms with Crippen LogP contribution in [0.15, 0.2) is 24.4 Å². The Morgan fingerprint density at radius 3 is 2.56 bits per heavy atom. The molecule has 0 N–H and O–H groups in total. The van der Waals surface area contributed by atoms with Crippen LogP contribution in [-0.4, -0.2) is 49.6 Å². The maximum Gasteiger partial charge on any atom is 0.211 e. The predicted molar refractivity (Wildman–Crippen MR) is 104 cm³/mol. The number of fused-ring (bicyclic) bond motifs is 1. The molecule has 1 aromatic heterocycles. The van der Waals surface area contributed by atoms with E-state index in [1.807, 2.05) is 19.2 Å². The van der Waals surface area contributed by atoms with Crippen LogP contribution in [0.25, 0.3) is 10.8 Å². The number of rotatable bonds is 5. The molecule has 2 aromatic rings. The van der Waals surface area contributed by atoms with E-state index in [0.29, 0.717) is 30.7 Å². The molecule has 136 valence electrons. The average Bonchev–Trinajstić information content (AvgIpc) is 2.47. The third-order valence-corrected chi connectivity index (χ3v) is 6.46. The number of halogens is 1. The fourth-order valence-corrected chi connectivity index (χ4v) is 4.90. The van der Waals surface area contributed by atoms with E-state index in [4.69, 9.17) is 11.6 Å². The zero-order chi connectivity index (χ0) is 18.4. The number of anilines is 1. The van der Waals surface area contributed by atoms with Crippen molar-refractivity contribution in [3.8, 4) is 0 Å². The molecule has 0 amide bonds. The Balaban J connectivity index is 1.93. The van der Waals surface area contributed by atoms with Crippen molar-refractivity contribution in [3.05, 3.63) is 35.1 Å². The number of likely N-dealkylation sites (N-methyl/N-ethyl adjacent to an activating group) is 1. The fourth-order valence-electron chi connectivity index (χ4n) is 3.60. The monoisotopic (exact) mass is 381 g/mol. The maximum absolute atomic E-state index is 11.9. The molecule has 0 saturated carbocycles.